The van der Waals surface area contributed by atoms with Crippen molar-refractivity contribution >= 4 is 28.6 Å². The average Bonchev–Trinajstić information content (AvgIpc) is 3.06. The zero-order valence-corrected chi connectivity index (χ0v) is 14.6. The van der Waals surface area contributed by atoms with E-state index in [2.05, 4.69) is 20.3 Å². The van der Waals surface area contributed by atoms with Gasteiger partial charge >= 0.3 is 0 Å². The summed E-state index contributed by atoms with van der Waals surface area (Å²) >= 11 is 1.40. The van der Waals surface area contributed by atoms with E-state index in [1.165, 1.54) is 20.8 Å². The summed E-state index contributed by atoms with van der Waals surface area (Å²) in [7, 11) is 1.57. The maximum Gasteiger partial charge on any atom is 0.285 e. The summed E-state index contributed by atoms with van der Waals surface area (Å²) in [4.78, 5) is 17.2. The van der Waals surface area contributed by atoms with Crippen LogP contribution in [0, 0.1) is 6.92 Å². The molecule has 0 unspecified atom stereocenters. The Morgan fingerprint density at radius 1 is 1.20 bits per heavy atom. The van der Waals surface area contributed by atoms with Gasteiger partial charge in [-0.25, -0.2) is 0 Å². The van der Waals surface area contributed by atoms with E-state index in [0.717, 1.165) is 5.56 Å². The van der Waals surface area contributed by atoms with Crippen LogP contribution in [0.15, 0.2) is 40.4 Å². The normalized spacial score (nSPS) is 11.3. The van der Waals surface area contributed by atoms with E-state index >= 15 is 0 Å². The predicted molar refractivity (Wildman–Crippen MR) is 94.8 cm³/mol. The number of hydrogen-bond donors (Lipinski definition) is 0. The molecule has 0 radical (unpaired) electrons. The Balaban J connectivity index is 2.02. The van der Waals surface area contributed by atoms with Gasteiger partial charge in [-0.05, 0) is 36.9 Å². The minimum atomic E-state index is -0.294. The SMILES string of the molecule is COc1ccc(C)cc1-n1ccc2c(nnc3nc(SC)nn32)c1=O. The van der Waals surface area contributed by atoms with Gasteiger partial charge in [-0.15, -0.1) is 15.3 Å². The molecule has 0 fully saturated rings. The highest BCUT2D eigenvalue weighted by Crippen LogP contribution is 2.23. The third kappa shape index (κ3) is 2.43. The van der Waals surface area contributed by atoms with Crippen molar-refractivity contribution in [3.63, 3.8) is 0 Å². The van der Waals surface area contributed by atoms with Gasteiger partial charge in [0, 0.05) is 6.20 Å². The van der Waals surface area contributed by atoms with Crippen molar-refractivity contribution in [2.45, 2.75) is 12.1 Å². The number of thioether (sulfide) groups is 1. The van der Waals surface area contributed by atoms with E-state index in [0.29, 0.717) is 27.9 Å². The van der Waals surface area contributed by atoms with Crippen LogP contribution < -0.4 is 10.3 Å². The molecule has 3 aromatic heterocycles. The fourth-order valence-corrected chi connectivity index (χ4v) is 2.99. The van der Waals surface area contributed by atoms with Crippen LogP contribution in [-0.4, -0.2) is 42.7 Å². The molecule has 0 saturated carbocycles. The second kappa shape index (κ2) is 5.85. The third-order valence-corrected chi connectivity index (χ3v) is 4.40. The number of methoxy groups -OCH3 is 1. The van der Waals surface area contributed by atoms with Gasteiger partial charge in [-0.2, -0.15) is 9.50 Å². The van der Waals surface area contributed by atoms with Gasteiger partial charge in [0.25, 0.3) is 11.3 Å². The lowest BCUT2D eigenvalue weighted by molar-refractivity contribution is 0.412. The Bertz CT molecular complexity index is 1170. The number of pyridine rings is 1. The molecule has 0 bridgehead atoms. The first-order valence-corrected chi connectivity index (χ1v) is 8.68. The summed E-state index contributed by atoms with van der Waals surface area (Å²) in [6.07, 6.45) is 3.56. The molecule has 9 heteroatoms. The van der Waals surface area contributed by atoms with Crippen LogP contribution in [0.4, 0.5) is 0 Å². The third-order valence-electron chi connectivity index (χ3n) is 3.86. The second-order valence-corrected chi connectivity index (χ2v) is 6.18. The molecule has 126 valence electrons. The van der Waals surface area contributed by atoms with Crippen LogP contribution in [-0.2, 0) is 0 Å². The van der Waals surface area contributed by atoms with Crippen LogP contribution in [0.1, 0.15) is 5.56 Å². The highest BCUT2D eigenvalue weighted by Gasteiger charge is 2.15. The average molecular weight is 354 g/mol. The summed E-state index contributed by atoms with van der Waals surface area (Å²) in [5.41, 5.74) is 2.16. The van der Waals surface area contributed by atoms with Gasteiger partial charge in [0.2, 0.25) is 5.16 Å². The van der Waals surface area contributed by atoms with Crippen molar-refractivity contribution in [3.8, 4) is 11.4 Å². The smallest absolute Gasteiger partial charge is 0.285 e. The molecular weight excluding hydrogens is 340 g/mol. The molecule has 0 saturated heterocycles. The topological polar surface area (TPSA) is 87.2 Å². The zero-order chi connectivity index (χ0) is 17.6. The van der Waals surface area contributed by atoms with Crippen molar-refractivity contribution < 1.29 is 4.74 Å². The lowest BCUT2D eigenvalue weighted by atomic mass is 10.2. The minimum absolute atomic E-state index is 0.219. The summed E-state index contributed by atoms with van der Waals surface area (Å²) in [6.45, 7) is 1.96. The number of aromatic nitrogens is 6. The molecular formula is C16H14N6O2S. The summed E-state index contributed by atoms with van der Waals surface area (Å²) in [5, 5.41) is 13.0. The van der Waals surface area contributed by atoms with Crippen molar-refractivity contribution in [2.24, 2.45) is 0 Å². The lowest BCUT2D eigenvalue weighted by Gasteiger charge is -2.12. The summed E-state index contributed by atoms with van der Waals surface area (Å²) in [5.74, 6) is 0.966. The number of aryl methyl sites for hydroxylation is 1. The molecule has 0 N–H and O–H groups in total. The molecule has 0 atom stereocenters. The number of nitrogens with zero attached hydrogens (tertiary/aromatic N) is 6. The number of rotatable bonds is 3. The highest BCUT2D eigenvalue weighted by molar-refractivity contribution is 7.98. The van der Waals surface area contributed by atoms with Crippen LogP contribution in [0.25, 0.3) is 22.5 Å². The highest BCUT2D eigenvalue weighted by atomic mass is 32.2. The number of fused-ring (bicyclic) bond motifs is 3. The zero-order valence-electron chi connectivity index (χ0n) is 13.8. The molecule has 0 aliphatic heterocycles. The summed E-state index contributed by atoms with van der Waals surface area (Å²) in [6, 6.07) is 7.42. The van der Waals surface area contributed by atoms with Crippen LogP contribution in [0.5, 0.6) is 5.75 Å². The molecule has 0 spiro atoms. The largest absolute Gasteiger partial charge is 0.495 e. The second-order valence-electron chi connectivity index (χ2n) is 5.41. The van der Waals surface area contributed by atoms with E-state index in [1.807, 2.05) is 31.4 Å². The molecule has 8 nitrogen and oxygen atoms in total. The van der Waals surface area contributed by atoms with Gasteiger partial charge in [-0.3, -0.25) is 9.36 Å². The lowest BCUT2D eigenvalue weighted by Crippen LogP contribution is -2.20. The summed E-state index contributed by atoms with van der Waals surface area (Å²) < 4.78 is 8.42. The number of hydrogen-bond acceptors (Lipinski definition) is 7. The maximum atomic E-state index is 13.0. The fraction of sp³-hybridized carbons (Fsp3) is 0.188. The van der Waals surface area contributed by atoms with E-state index in [4.69, 9.17) is 4.74 Å². The first-order valence-electron chi connectivity index (χ1n) is 7.46. The van der Waals surface area contributed by atoms with Crippen LogP contribution >= 0.6 is 11.8 Å². The molecule has 3 heterocycles. The van der Waals surface area contributed by atoms with E-state index < -0.39 is 0 Å². The van der Waals surface area contributed by atoms with E-state index in [-0.39, 0.29) is 11.1 Å². The quantitative estimate of drug-likeness (QED) is 0.519. The van der Waals surface area contributed by atoms with Crippen molar-refractivity contribution in [1.29, 1.82) is 0 Å². The van der Waals surface area contributed by atoms with E-state index in [1.54, 1.807) is 19.4 Å². The first-order chi connectivity index (χ1) is 12.1. The Labute approximate surface area is 146 Å². The van der Waals surface area contributed by atoms with Crippen molar-refractivity contribution in [1.82, 2.24) is 29.4 Å². The van der Waals surface area contributed by atoms with Gasteiger partial charge in [0.1, 0.15) is 11.3 Å². The van der Waals surface area contributed by atoms with Gasteiger partial charge < -0.3 is 4.74 Å². The van der Waals surface area contributed by atoms with Crippen LogP contribution in [0.2, 0.25) is 0 Å². The Morgan fingerprint density at radius 3 is 2.80 bits per heavy atom. The molecule has 0 amide bonds. The Kier molecular flexibility index (Phi) is 3.65. The molecule has 0 aliphatic carbocycles. The van der Waals surface area contributed by atoms with Gasteiger partial charge in [0.15, 0.2) is 5.52 Å². The van der Waals surface area contributed by atoms with E-state index in [9.17, 15) is 4.79 Å². The minimum Gasteiger partial charge on any atom is -0.495 e. The first kappa shape index (κ1) is 15.6. The predicted octanol–water partition coefficient (Wildman–Crippen LogP) is 1.86. The standard InChI is InChI=1S/C16H14N6O2S/c1-9-4-5-12(24-2)11(8-9)21-7-6-10-13(14(21)23)18-19-15-17-16(25-3)20-22(10)15/h4-8H,1-3H3. The monoisotopic (exact) mass is 354 g/mol. The Morgan fingerprint density at radius 2 is 2.04 bits per heavy atom. The molecule has 25 heavy (non-hydrogen) atoms. The van der Waals surface area contributed by atoms with Crippen molar-refractivity contribution in [3.05, 3.63) is 46.4 Å². The van der Waals surface area contributed by atoms with Crippen LogP contribution in [0.3, 0.4) is 0 Å². The molecule has 4 rings (SSSR count). The van der Waals surface area contributed by atoms with Crippen molar-refractivity contribution in [2.75, 3.05) is 13.4 Å². The molecule has 0 aliphatic rings. The van der Waals surface area contributed by atoms with Gasteiger partial charge in [-0.1, -0.05) is 17.8 Å². The Hall–Kier alpha value is -2.94. The fourth-order valence-electron chi connectivity index (χ4n) is 2.65. The maximum absolute atomic E-state index is 13.0. The van der Waals surface area contributed by atoms with Gasteiger partial charge in [0.05, 0.1) is 12.8 Å². The number of benzene rings is 1. The number of ether oxygens (including phenoxy) is 1. The molecule has 4 aromatic rings. The molecule has 1 aromatic carbocycles.